The van der Waals surface area contributed by atoms with E-state index in [9.17, 15) is 4.79 Å². The van der Waals surface area contributed by atoms with Crippen LogP contribution in [0.4, 0.5) is 0 Å². The summed E-state index contributed by atoms with van der Waals surface area (Å²) in [5, 5.41) is 9.70. The van der Waals surface area contributed by atoms with E-state index in [0.717, 1.165) is 49.6 Å². The molecule has 5 rings (SSSR count). The third-order valence-corrected chi connectivity index (χ3v) is 8.04. The molecule has 0 fully saturated rings. The summed E-state index contributed by atoms with van der Waals surface area (Å²) in [5.41, 5.74) is 6.82. The number of aryl methyl sites for hydroxylation is 3. The minimum atomic E-state index is -0.144. The Morgan fingerprint density at radius 3 is 2.56 bits per heavy atom. The Morgan fingerprint density at radius 1 is 1.00 bits per heavy atom. The van der Waals surface area contributed by atoms with E-state index >= 15 is 0 Å². The Balaban J connectivity index is 1.23. The molecule has 39 heavy (non-hydrogen) atoms. The van der Waals surface area contributed by atoms with E-state index in [0.29, 0.717) is 29.5 Å². The summed E-state index contributed by atoms with van der Waals surface area (Å²) >= 11 is 1.68. The standard InChI is InChI=1S/C30H35N7OS/c1-21-28(22(2)36-20-35-21)30(38)34-17-23-8-10-24(11-9-23)19-37(15-13-31-18-27-32-14-16-39-27)26-7-3-5-25-6-4-12-33-29(25)26/h4,6,8-12,14,16,20,26,31H,3,5,7,13,15,17-19H2,1-2H3,(H,34,38). The lowest BCUT2D eigenvalue weighted by atomic mass is 9.90. The first-order valence-corrected chi connectivity index (χ1v) is 14.4. The molecule has 3 heterocycles. The van der Waals surface area contributed by atoms with Gasteiger partial charge in [-0.3, -0.25) is 14.7 Å². The first-order chi connectivity index (χ1) is 19.1. The molecule has 0 radical (unpaired) electrons. The van der Waals surface area contributed by atoms with Gasteiger partial charge >= 0.3 is 0 Å². The van der Waals surface area contributed by atoms with E-state index in [-0.39, 0.29) is 5.91 Å². The van der Waals surface area contributed by atoms with Crippen LogP contribution in [0.5, 0.6) is 0 Å². The predicted molar refractivity (Wildman–Crippen MR) is 153 cm³/mol. The fourth-order valence-corrected chi connectivity index (χ4v) is 5.82. The molecule has 0 saturated carbocycles. The topological polar surface area (TPSA) is 95.9 Å². The number of fused-ring (bicyclic) bond motifs is 1. The summed E-state index contributed by atoms with van der Waals surface area (Å²) in [6, 6.07) is 13.1. The van der Waals surface area contributed by atoms with Crippen LogP contribution in [0.1, 0.15) is 68.0 Å². The van der Waals surface area contributed by atoms with Crippen LogP contribution in [0.2, 0.25) is 0 Å². The molecule has 0 saturated heterocycles. The van der Waals surface area contributed by atoms with Crippen molar-refractivity contribution in [2.45, 2.75) is 58.8 Å². The predicted octanol–water partition coefficient (Wildman–Crippen LogP) is 4.54. The van der Waals surface area contributed by atoms with Gasteiger partial charge in [-0.2, -0.15) is 0 Å². The quantitative estimate of drug-likeness (QED) is 0.269. The van der Waals surface area contributed by atoms with Crippen molar-refractivity contribution in [1.29, 1.82) is 0 Å². The maximum absolute atomic E-state index is 12.7. The minimum Gasteiger partial charge on any atom is -0.348 e. The van der Waals surface area contributed by atoms with Crippen molar-refractivity contribution in [1.82, 2.24) is 35.5 Å². The van der Waals surface area contributed by atoms with E-state index in [1.165, 1.54) is 29.6 Å². The summed E-state index contributed by atoms with van der Waals surface area (Å²) in [7, 11) is 0. The number of aromatic nitrogens is 4. The molecule has 0 aliphatic heterocycles. The van der Waals surface area contributed by atoms with Crippen LogP contribution in [0, 0.1) is 13.8 Å². The number of benzene rings is 1. The molecular formula is C30H35N7OS. The zero-order valence-corrected chi connectivity index (χ0v) is 23.4. The Kier molecular flexibility index (Phi) is 9.03. The van der Waals surface area contributed by atoms with Crippen LogP contribution in [0.15, 0.2) is 60.5 Å². The van der Waals surface area contributed by atoms with E-state index in [1.54, 1.807) is 11.3 Å². The second kappa shape index (κ2) is 13.0. The highest BCUT2D eigenvalue weighted by atomic mass is 32.1. The Labute approximate surface area is 234 Å². The molecule has 2 N–H and O–H groups in total. The van der Waals surface area contributed by atoms with Crippen LogP contribution in [0.25, 0.3) is 0 Å². The Bertz CT molecular complexity index is 1350. The highest BCUT2D eigenvalue weighted by Crippen LogP contribution is 2.33. The van der Waals surface area contributed by atoms with Crippen molar-refractivity contribution >= 4 is 17.2 Å². The molecule has 3 aromatic heterocycles. The summed E-state index contributed by atoms with van der Waals surface area (Å²) in [6.45, 7) is 7.55. The Morgan fingerprint density at radius 2 is 1.79 bits per heavy atom. The largest absolute Gasteiger partial charge is 0.348 e. The fourth-order valence-electron chi connectivity index (χ4n) is 5.23. The SMILES string of the molecule is Cc1ncnc(C)c1C(=O)NCc1ccc(CN(CCNCc2nccs2)C2CCCc3cccnc32)cc1. The van der Waals surface area contributed by atoms with Gasteiger partial charge in [0.15, 0.2) is 0 Å². The summed E-state index contributed by atoms with van der Waals surface area (Å²) in [4.78, 5) is 32.8. The van der Waals surface area contributed by atoms with Gasteiger partial charge in [0.05, 0.1) is 28.7 Å². The molecule has 1 amide bonds. The summed E-state index contributed by atoms with van der Waals surface area (Å²) in [5.74, 6) is -0.144. The van der Waals surface area contributed by atoms with E-state index < -0.39 is 0 Å². The highest BCUT2D eigenvalue weighted by molar-refractivity contribution is 7.09. The van der Waals surface area contributed by atoms with Gasteiger partial charge in [-0.1, -0.05) is 30.3 Å². The van der Waals surface area contributed by atoms with Gasteiger partial charge in [0.25, 0.3) is 5.91 Å². The number of hydrogen-bond donors (Lipinski definition) is 2. The smallest absolute Gasteiger partial charge is 0.255 e. The molecule has 4 aromatic rings. The first kappa shape index (κ1) is 27.1. The third-order valence-electron chi connectivity index (χ3n) is 7.26. The normalized spacial score (nSPS) is 14.8. The molecule has 1 aliphatic rings. The molecule has 1 atom stereocenters. The van der Waals surface area contributed by atoms with Crippen molar-refractivity contribution in [3.63, 3.8) is 0 Å². The van der Waals surface area contributed by atoms with Gasteiger partial charge < -0.3 is 10.6 Å². The van der Waals surface area contributed by atoms with Crippen molar-refractivity contribution < 1.29 is 4.79 Å². The molecular weight excluding hydrogens is 506 g/mol. The molecule has 1 aliphatic carbocycles. The molecule has 9 heteroatoms. The van der Waals surface area contributed by atoms with Gasteiger partial charge in [-0.15, -0.1) is 11.3 Å². The zero-order chi connectivity index (χ0) is 27.0. The van der Waals surface area contributed by atoms with Crippen LogP contribution in [0.3, 0.4) is 0 Å². The fraction of sp³-hybridized carbons (Fsp3) is 0.367. The average Bonchev–Trinajstić information content (AvgIpc) is 3.47. The third kappa shape index (κ3) is 6.92. The maximum Gasteiger partial charge on any atom is 0.255 e. The lowest BCUT2D eigenvalue weighted by Crippen LogP contribution is -2.36. The second-order valence-corrected chi connectivity index (χ2v) is 10.9. The van der Waals surface area contributed by atoms with Gasteiger partial charge in [-0.25, -0.2) is 15.0 Å². The lowest BCUT2D eigenvalue weighted by molar-refractivity contribution is 0.0948. The number of carbonyl (C=O) groups is 1. The number of thiazole rings is 1. The average molecular weight is 542 g/mol. The number of nitrogens with zero attached hydrogens (tertiary/aromatic N) is 5. The molecule has 0 bridgehead atoms. The molecule has 202 valence electrons. The van der Waals surface area contributed by atoms with Gasteiger partial charge in [0.2, 0.25) is 0 Å². The van der Waals surface area contributed by atoms with Gasteiger partial charge in [-0.05, 0) is 55.9 Å². The van der Waals surface area contributed by atoms with E-state index in [4.69, 9.17) is 4.98 Å². The molecule has 1 aromatic carbocycles. The lowest BCUT2D eigenvalue weighted by Gasteiger charge is -2.35. The van der Waals surface area contributed by atoms with Crippen LogP contribution in [-0.4, -0.2) is 43.8 Å². The van der Waals surface area contributed by atoms with Crippen LogP contribution in [-0.2, 0) is 26.1 Å². The number of amides is 1. The summed E-state index contributed by atoms with van der Waals surface area (Å²) in [6.07, 6.45) is 8.65. The van der Waals surface area contributed by atoms with Crippen molar-refractivity contribution in [2.75, 3.05) is 13.1 Å². The van der Waals surface area contributed by atoms with Gasteiger partial charge in [0.1, 0.15) is 11.3 Å². The monoisotopic (exact) mass is 541 g/mol. The molecule has 0 spiro atoms. The van der Waals surface area contributed by atoms with Crippen molar-refractivity contribution in [2.24, 2.45) is 0 Å². The Hall–Kier alpha value is -3.53. The molecule has 1 unspecified atom stereocenters. The molecule has 8 nitrogen and oxygen atoms in total. The second-order valence-electron chi connectivity index (χ2n) is 9.95. The summed E-state index contributed by atoms with van der Waals surface area (Å²) < 4.78 is 0. The number of pyridine rings is 1. The number of rotatable bonds is 11. The van der Waals surface area contributed by atoms with E-state index in [1.807, 2.05) is 37.7 Å². The maximum atomic E-state index is 12.7. The van der Waals surface area contributed by atoms with Crippen LogP contribution >= 0.6 is 11.3 Å². The first-order valence-electron chi connectivity index (χ1n) is 13.5. The highest BCUT2D eigenvalue weighted by Gasteiger charge is 2.27. The van der Waals surface area contributed by atoms with Crippen molar-refractivity contribution in [3.8, 4) is 0 Å². The number of hydrogen-bond acceptors (Lipinski definition) is 8. The number of carbonyl (C=O) groups excluding carboxylic acids is 1. The minimum absolute atomic E-state index is 0.144. The number of nitrogens with one attached hydrogen (secondary N) is 2. The van der Waals surface area contributed by atoms with Crippen LogP contribution < -0.4 is 10.6 Å². The van der Waals surface area contributed by atoms with Crippen molar-refractivity contribution in [3.05, 3.63) is 105 Å². The van der Waals surface area contributed by atoms with Gasteiger partial charge in [0, 0.05) is 50.5 Å². The zero-order valence-electron chi connectivity index (χ0n) is 22.6. The van der Waals surface area contributed by atoms with E-state index in [2.05, 4.69) is 60.8 Å².